The quantitative estimate of drug-likeness (QED) is 0.736. The van der Waals surface area contributed by atoms with Gasteiger partial charge in [-0.1, -0.05) is 24.3 Å². The van der Waals surface area contributed by atoms with E-state index in [0.29, 0.717) is 12.5 Å². The zero-order valence-electron chi connectivity index (χ0n) is 18.1. The van der Waals surface area contributed by atoms with Gasteiger partial charge in [-0.3, -0.25) is 9.69 Å². The first-order valence-corrected chi connectivity index (χ1v) is 11.5. The molecule has 5 heteroatoms. The van der Waals surface area contributed by atoms with Crippen molar-refractivity contribution >= 4 is 22.6 Å². The Bertz CT molecular complexity index is 886. The monoisotopic (exact) mass is 406 g/mol. The number of carbonyl (C=O) groups is 1. The van der Waals surface area contributed by atoms with Gasteiger partial charge in [0.2, 0.25) is 5.91 Å². The summed E-state index contributed by atoms with van der Waals surface area (Å²) in [5.74, 6) is 1.26. The zero-order valence-corrected chi connectivity index (χ0v) is 18.1. The number of pyridine rings is 1. The molecule has 30 heavy (non-hydrogen) atoms. The van der Waals surface area contributed by atoms with Gasteiger partial charge in [-0.15, -0.1) is 0 Å². The minimum Gasteiger partial charge on any atom is -0.354 e. The highest BCUT2D eigenvalue weighted by Crippen LogP contribution is 2.21. The van der Waals surface area contributed by atoms with Crippen LogP contribution in [0.1, 0.15) is 51.9 Å². The maximum Gasteiger partial charge on any atom is 0.224 e. The zero-order chi connectivity index (χ0) is 20.8. The average Bonchev–Trinajstić information content (AvgIpc) is 2.79. The van der Waals surface area contributed by atoms with E-state index in [1.807, 2.05) is 6.07 Å². The summed E-state index contributed by atoms with van der Waals surface area (Å²) in [7, 11) is 0. The Morgan fingerprint density at radius 3 is 2.73 bits per heavy atom. The summed E-state index contributed by atoms with van der Waals surface area (Å²) in [5.41, 5.74) is 2.20. The third kappa shape index (κ3) is 5.39. The van der Waals surface area contributed by atoms with E-state index >= 15 is 0 Å². The number of fused-ring (bicyclic) bond motifs is 1. The van der Waals surface area contributed by atoms with Crippen LogP contribution >= 0.6 is 0 Å². The fourth-order valence-electron chi connectivity index (χ4n) is 4.56. The number of anilines is 1. The van der Waals surface area contributed by atoms with Crippen molar-refractivity contribution in [2.24, 2.45) is 0 Å². The number of carbonyl (C=O) groups excluding carboxylic acids is 1. The Balaban J connectivity index is 1.19. The minimum absolute atomic E-state index is 0.183. The Hall–Kier alpha value is -2.40. The molecule has 0 saturated carbocycles. The van der Waals surface area contributed by atoms with E-state index in [4.69, 9.17) is 4.98 Å². The van der Waals surface area contributed by atoms with Crippen LogP contribution in [-0.2, 0) is 4.79 Å². The van der Waals surface area contributed by atoms with Crippen molar-refractivity contribution in [3.05, 3.63) is 48.2 Å². The van der Waals surface area contributed by atoms with E-state index in [0.717, 1.165) is 68.9 Å². The molecular weight excluding hydrogens is 372 g/mol. The molecule has 0 bridgehead atoms. The van der Waals surface area contributed by atoms with Crippen LogP contribution in [0.3, 0.4) is 0 Å². The predicted molar refractivity (Wildman–Crippen MR) is 124 cm³/mol. The van der Waals surface area contributed by atoms with Crippen LogP contribution in [-0.4, -0.2) is 48.0 Å². The lowest BCUT2D eigenvalue weighted by Gasteiger charge is -2.38. The normalized spacial score (nSPS) is 18.8. The van der Waals surface area contributed by atoms with Gasteiger partial charge in [0.1, 0.15) is 5.82 Å². The molecular formula is C25H34N4O. The highest BCUT2D eigenvalue weighted by atomic mass is 16.1. The molecule has 1 aliphatic heterocycles. The van der Waals surface area contributed by atoms with Crippen molar-refractivity contribution in [2.45, 2.75) is 57.9 Å². The van der Waals surface area contributed by atoms with E-state index in [9.17, 15) is 4.79 Å². The number of nitrogens with zero attached hydrogens (tertiary/aromatic N) is 3. The molecule has 160 valence electrons. The maximum atomic E-state index is 12.2. The number of para-hydroxylation sites is 1. The van der Waals surface area contributed by atoms with Crippen molar-refractivity contribution in [3.8, 4) is 0 Å². The minimum atomic E-state index is 0.183. The van der Waals surface area contributed by atoms with Crippen LogP contribution in [0.4, 0.5) is 5.82 Å². The second-order valence-corrected chi connectivity index (χ2v) is 8.65. The van der Waals surface area contributed by atoms with E-state index in [1.165, 1.54) is 18.2 Å². The highest BCUT2D eigenvalue weighted by molar-refractivity contribution is 5.80. The van der Waals surface area contributed by atoms with Gasteiger partial charge in [0.05, 0.1) is 5.52 Å². The molecule has 1 aromatic heterocycles. The number of hydrogen-bond acceptors (Lipinski definition) is 4. The molecule has 1 aliphatic carbocycles. The summed E-state index contributed by atoms with van der Waals surface area (Å²) in [6.45, 7) is 6.41. The second-order valence-electron chi connectivity index (χ2n) is 8.65. The number of nitrogens with one attached hydrogen (secondary N) is 1. The van der Waals surface area contributed by atoms with Gasteiger partial charge in [-0.2, -0.15) is 0 Å². The van der Waals surface area contributed by atoms with Gasteiger partial charge in [0.15, 0.2) is 0 Å². The van der Waals surface area contributed by atoms with E-state index < -0.39 is 0 Å². The van der Waals surface area contributed by atoms with Gasteiger partial charge < -0.3 is 10.2 Å². The molecule has 1 unspecified atom stereocenters. The fourth-order valence-corrected chi connectivity index (χ4v) is 4.56. The Labute approximate surface area is 180 Å². The Morgan fingerprint density at radius 2 is 1.93 bits per heavy atom. The molecule has 2 aliphatic rings. The van der Waals surface area contributed by atoms with Gasteiger partial charge >= 0.3 is 0 Å². The predicted octanol–water partition coefficient (Wildman–Crippen LogP) is 4.49. The number of allylic oxidation sites excluding steroid dienone is 2. The molecule has 1 saturated heterocycles. The van der Waals surface area contributed by atoms with Crippen LogP contribution in [0.2, 0.25) is 0 Å². The lowest BCUT2D eigenvalue weighted by atomic mass is 10.0. The SMILES string of the molecule is CC(CCCC(=O)NC1=CCCCC1)N1CCN(c2ccc3ccccc3n2)CC1. The number of piperazine rings is 1. The number of aromatic nitrogens is 1. The summed E-state index contributed by atoms with van der Waals surface area (Å²) < 4.78 is 0. The maximum absolute atomic E-state index is 12.2. The lowest BCUT2D eigenvalue weighted by molar-refractivity contribution is -0.120. The molecule has 2 aromatic rings. The number of benzene rings is 1. The van der Waals surface area contributed by atoms with Gasteiger partial charge in [0, 0.05) is 49.7 Å². The van der Waals surface area contributed by atoms with Crippen LogP contribution in [0.15, 0.2) is 48.2 Å². The van der Waals surface area contributed by atoms with Gasteiger partial charge in [0.25, 0.3) is 0 Å². The molecule has 0 spiro atoms. The molecule has 2 heterocycles. The van der Waals surface area contributed by atoms with Crippen LogP contribution in [0, 0.1) is 0 Å². The van der Waals surface area contributed by atoms with E-state index in [1.54, 1.807) is 0 Å². The van der Waals surface area contributed by atoms with Gasteiger partial charge in [-0.05, 0) is 63.6 Å². The summed E-state index contributed by atoms with van der Waals surface area (Å²) in [6.07, 6.45) is 9.42. The van der Waals surface area contributed by atoms with Crippen molar-refractivity contribution in [1.29, 1.82) is 0 Å². The summed E-state index contributed by atoms with van der Waals surface area (Å²) in [5, 5.41) is 4.30. The number of hydrogen-bond donors (Lipinski definition) is 1. The molecule has 1 amide bonds. The Morgan fingerprint density at radius 1 is 1.10 bits per heavy atom. The van der Waals surface area contributed by atoms with Crippen molar-refractivity contribution in [1.82, 2.24) is 15.2 Å². The standard InChI is InChI=1S/C25H34N4O/c1-20(8-7-13-25(30)26-22-10-3-2-4-11-22)28-16-18-29(19-17-28)24-15-14-21-9-5-6-12-23(21)27-24/h5-6,9-10,12,14-15,20H,2-4,7-8,11,13,16-19H2,1H3,(H,26,30). The molecule has 1 fully saturated rings. The summed E-state index contributed by atoms with van der Waals surface area (Å²) >= 11 is 0. The van der Waals surface area contributed by atoms with Crippen molar-refractivity contribution in [2.75, 3.05) is 31.1 Å². The molecule has 1 atom stereocenters. The van der Waals surface area contributed by atoms with E-state index in [2.05, 4.69) is 58.4 Å². The number of amides is 1. The average molecular weight is 407 g/mol. The first-order chi connectivity index (χ1) is 14.7. The van der Waals surface area contributed by atoms with Crippen LogP contribution in [0.25, 0.3) is 10.9 Å². The van der Waals surface area contributed by atoms with Gasteiger partial charge in [-0.25, -0.2) is 4.98 Å². The first-order valence-electron chi connectivity index (χ1n) is 11.5. The molecule has 4 rings (SSSR count). The highest BCUT2D eigenvalue weighted by Gasteiger charge is 2.22. The summed E-state index contributed by atoms with van der Waals surface area (Å²) in [4.78, 5) is 22.0. The topological polar surface area (TPSA) is 48.5 Å². The lowest BCUT2D eigenvalue weighted by Crippen LogP contribution is -2.49. The molecule has 5 nitrogen and oxygen atoms in total. The smallest absolute Gasteiger partial charge is 0.224 e. The molecule has 0 radical (unpaired) electrons. The summed E-state index contributed by atoms with van der Waals surface area (Å²) in [6, 6.07) is 13.1. The fraction of sp³-hybridized carbons (Fsp3) is 0.520. The Kier molecular flexibility index (Phi) is 7.00. The number of rotatable bonds is 7. The second kappa shape index (κ2) is 10.1. The first kappa shape index (κ1) is 20.9. The van der Waals surface area contributed by atoms with Crippen LogP contribution < -0.4 is 10.2 Å². The van der Waals surface area contributed by atoms with Crippen molar-refractivity contribution < 1.29 is 4.79 Å². The van der Waals surface area contributed by atoms with Crippen molar-refractivity contribution in [3.63, 3.8) is 0 Å². The van der Waals surface area contributed by atoms with Crippen LogP contribution in [0.5, 0.6) is 0 Å². The molecule has 1 aromatic carbocycles. The third-order valence-corrected chi connectivity index (χ3v) is 6.46. The van der Waals surface area contributed by atoms with E-state index in [-0.39, 0.29) is 5.91 Å². The molecule has 1 N–H and O–H groups in total. The third-order valence-electron chi connectivity index (χ3n) is 6.46. The largest absolute Gasteiger partial charge is 0.354 e.